The predicted octanol–water partition coefficient (Wildman–Crippen LogP) is 1.44. The molecule has 0 aliphatic rings. The third-order valence-corrected chi connectivity index (χ3v) is 2.05. The fourth-order valence-corrected chi connectivity index (χ4v) is 1.19. The van der Waals surface area contributed by atoms with Gasteiger partial charge in [0.1, 0.15) is 11.5 Å². The van der Waals surface area contributed by atoms with Crippen LogP contribution in [0.5, 0.6) is 11.5 Å². The van der Waals surface area contributed by atoms with E-state index in [-0.39, 0.29) is 23.7 Å². The third-order valence-electron chi connectivity index (χ3n) is 2.05. The number of aliphatic hydroxyl groups is 1. The summed E-state index contributed by atoms with van der Waals surface area (Å²) in [5.74, 6) is -0.911. The molecular formula is C9H11ClF3NO3. The summed E-state index contributed by atoms with van der Waals surface area (Å²) < 4.78 is 36.4. The van der Waals surface area contributed by atoms with Gasteiger partial charge in [0.25, 0.3) is 0 Å². The molecule has 0 aliphatic carbocycles. The minimum Gasteiger partial charge on any atom is -0.508 e. The first-order valence-electron chi connectivity index (χ1n) is 4.25. The first kappa shape index (κ1) is 15.8. The molecule has 0 amide bonds. The molecule has 0 radical (unpaired) electrons. The number of rotatable bonds is 2. The average Bonchev–Trinajstić information content (AvgIpc) is 2.14. The molecule has 0 aliphatic heterocycles. The van der Waals surface area contributed by atoms with Crippen LogP contribution in [0.4, 0.5) is 13.2 Å². The molecule has 0 fully saturated rings. The van der Waals surface area contributed by atoms with Crippen LogP contribution in [0, 0.1) is 0 Å². The van der Waals surface area contributed by atoms with Crippen LogP contribution in [0.25, 0.3) is 0 Å². The fraction of sp³-hybridized carbons (Fsp3) is 0.333. The zero-order valence-corrected chi connectivity index (χ0v) is 9.16. The van der Waals surface area contributed by atoms with E-state index >= 15 is 0 Å². The van der Waals surface area contributed by atoms with E-state index in [0.29, 0.717) is 0 Å². The Morgan fingerprint density at radius 1 is 1.18 bits per heavy atom. The van der Waals surface area contributed by atoms with Gasteiger partial charge < -0.3 is 21.1 Å². The fourth-order valence-electron chi connectivity index (χ4n) is 1.19. The van der Waals surface area contributed by atoms with Gasteiger partial charge >= 0.3 is 6.18 Å². The number of nitrogens with two attached hydrogens (primary N) is 1. The molecule has 0 saturated heterocycles. The van der Waals surface area contributed by atoms with Crippen molar-refractivity contribution in [1.82, 2.24) is 0 Å². The summed E-state index contributed by atoms with van der Waals surface area (Å²) in [7, 11) is 0. The van der Waals surface area contributed by atoms with E-state index in [1.807, 2.05) is 0 Å². The van der Waals surface area contributed by atoms with Gasteiger partial charge in [0.2, 0.25) is 0 Å². The highest BCUT2D eigenvalue weighted by Crippen LogP contribution is 2.33. The van der Waals surface area contributed by atoms with Gasteiger partial charge in [-0.1, -0.05) is 0 Å². The molecule has 1 aromatic rings. The monoisotopic (exact) mass is 273 g/mol. The molecular weight excluding hydrogens is 263 g/mol. The summed E-state index contributed by atoms with van der Waals surface area (Å²) in [4.78, 5) is 0. The zero-order chi connectivity index (χ0) is 12.5. The second-order valence-corrected chi connectivity index (χ2v) is 3.26. The lowest BCUT2D eigenvalue weighted by molar-refractivity contribution is -0.210. The Bertz CT molecular complexity index is 386. The van der Waals surface area contributed by atoms with E-state index in [4.69, 9.17) is 15.9 Å². The lowest BCUT2D eigenvalue weighted by atomic mass is 10.0. The summed E-state index contributed by atoms with van der Waals surface area (Å²) >= 11 is 0. The van der Waals surface area contributed by atoms with Gasteiger partial charge in [-0.05, 0) is 12.1 Å². The predicted molar refractivity (Wildman–Crippen MR) is 56.0 cm³/mol. The first-order valence-corrected chi connectivity index (χ1v) is 4.25. The molecule has 0 spiro atoms. The first-order chi connectivity index (χ1) is 7.23. The van der Waals surface area contributed by atoms with E-state index < -0.39 is 24.1 Å². The van der Waals surface area contributed by atoms with Crippen molar-refractivity contribution in [3.8, 4) is 11.5 Å². The van der Waals surface area contributed by atoms with Gasteiger partial charge in [0.15, 0.2) is 6.10 Å². The number of aliphatic hydroxyl groups excluding tert-OH is 1. The van der Waals surface area contributed by atoms with Crippen LogP contribution in [0.15, 0.2) is 18.2 Å². The lowest BCUT2D eigenvalue weighted by Gasteiger charge is -2.22. The van der Waals surface area contributed by atoms with E-state index in [2.05, 4.69) is 0 Å². The molecule has 0 heterocycles. The highest BCUT2D eigenvalue weighted by Gasteiger charge is 2.43. The van der Waals surface area contributed by atoms with Crippen LogP contribution in [-0.4, -0.2) is 27.6 Å². The van der Waals surface area contributed by atoms with Crippen molar-refractivity contribution in [2.75, 3.05) is 0 Å². The maximum absolute atomic E-state index is 12.1. The van der Waals surface area contributed by atoms with Crippen LogP contribution in [0.3, 0.4) is 0 Å². The van der Waals surface area contributed by atoms with E-state index in [1.165, 1.54) is 0 Å². The summed E-state index contributed by atoms with van der Waals surface area (Å²) in [6.07, 6.45) is -7.65. The molecule has 4 nitrogen and oxygen atoms in total. The van der Waals surface area contributed by atoms with Gasteiger partial charge in [-0.15, -0.1) is 12.4 Å². The Hall–Kier alpha value is -1.18. The number of halogens is 4. The molecule has 98 valence electrons. The SMILES string of the molecule is Cl.N[C@@H](c1ccc(O)cc1O)[C@H](O)C(F)(F)F. The van der Waals surface area contributed by atoms with Crippen LogP contribution < -0.4 is 5.73 Å². The Morgan fingerprint density at radius 3 is 2.12 bits per heavy atom. The smallest absolute Gasteiger partial charge is 0.416 e. The number of hydrogen-bond donors (Lipinski definition) is 4. The van der Waals surface area contributed by atoms with Gasteiger partial charge in [-0.25, -0.2) is 0 Å². The third kappa shape index (κ3) is 3.65. The van der Waals surface area contributed by atoms with E-state index in [1.54, 1.807) is 0 Å². The molecule has 0 aromatic heterocycles. The standard InChI is InChI=1S/C9H10F3NO3.ClH/c10-9(11,12)8(16)7(13)5-2-1-4(14)3-6(5)15;/h1-3,7-8,14-16H,13H2;1H/t7-,8-;/m0./s1. The van der Waals surface area contributed by atoms with Crippen LogP contribution in [-0.2, 0) is 0 Å². The van der Waals surface area contributed by atoms with Crippen molar-refractivity contribution < 1.29 is 28.5 Å². The summed E-state index contributed by atoms with van der Waals surface area (Å²) in [5, 5.41) is 27.1. The van der Waals surface area contributed by atoms with Crippen molar-refractivity contribution in [2.24, 2.45) is 5.73 Å². The van der Waals surface area contributed by atoms with Gasteiger partial charge in [-0.3, -0.25) is 0 Å². The summed E-state index contributed by atoms with van der Waals surface area (Å²) in [6.45, 7) is 0. The summed E-state index contributed by atoms with van der Waals surface area (Å²) in [6, 6.07) is 1.13. The van der Waals surface area contributed by atoms with E-state index in [0.717, 1.165) is 18.2 Å². The number of benzene rings is 1. The van der Waals surface area contributed by atoms with Gasteiger partial charge in [0.05, 0.1) is 6.04 Å². The van der Waals surface area contributed by atoms with Gasteiger partial charge in [-0.2, -0.15) is 13.2 Å². The van der Waals surface area contributed by atoms with Crippen molar-refractivity contribution >= 4 is 12.4 Å². The highest BCUT2D eigenvalue weighted by molar-refractivity contribution is 5.85. The topological polar surface area (TPSA) is 86.7 Å². The number of hydrogen-bond acceptors (Lipinski definition) is 4. The Kier molecular flexibility index (Phi) is 5.06. The van der Waals surface area contributed by atoms with Crippen molar-refractivity contribution in [2.45, 2.75) is 18.3 Å². The van der Waals surface area contributed by atoms with Crippen LogP contribution >= 0.6 is 12.4 Å². The molecule has 0 unspecified atom stereocenters. The minimum absolute atomic E-state index is 0. The number of phenols is 2. The normalized spacial score (nSPS) is 14.9. The Balaban J connectivity index is 0.00000256. The van der Waals surface area contributed by atoms with Gasteiger partial charge in [0, 0.05) is 11.6 Å². The molecule has 0 bridgehead atoms. The number of alkyl halides is 3. The zero-order valence-electron chi connectivity index (χ0n) is 8.35. The molecule has 1 aromatic carbocycles. The van der Waals surface area contributed by atoms with Crippen molar-refractivity contribution in [3.63, 3.8) is 0 Å². The quantitative estimate of drug-likeness (QED) is 0.657. The lowest BCUT2D eigenvalue weighted by Crippen LogP contribution is -2.38. The largest absolute Gasteiger partial charge is 0.508 e. The summed E-state index contributed by atoms with van der Waals surface area (Å²) in [5.41, 5.74) is 4.87. The molecule has 1 rings (SSSR count). The van der Waals surface area contributed by atoms with Crippen LogP contribution in [0.1, 0.15) is 11.6 Å². The Labute approximate surface area is 101 Å². The number of aromatic hydroxyl groups is 2. The molecule has 2 atom stereocenters. The molecule has 0 saturated carbocycles. The molecule has 8 heteroatoms. The van der Waals surface area contributed by atoms with Crippen molar-refractivity contribution in [1.29, 1.82) is 0 Å². The average molecular weight is 274 g/mol. The second kappa shape index (κ2) is 5.44. The molecule has 5 N–H and O–H groups in total. The maximum atomic E-state index is 12.1. The Morgan fingerprint density at radius 2 is 1.71 bits per heavy atom. The van der Waals surface area contributed by atoms with Crippen molar-refractivity contribution in [3.05, 3.63) is 23.8 Å². The maximum Gasteiger partial charge on any atom is 0.416 e. The van der Waals surface area contributed by atoms with E-state index in [9.17, 15) is 18.3 Å². The molecule has 17 heavy (non-hydrogen) atoms. The number of phenolic OH excluding ortho intramolecular Hbond substituents is 2. The van der Waals surface area contributed by atoms with Crippen LogP contribution in [0.2, 0.25) is 0 Å². The second-order valence-electron chi connectivity index (χ2n) is 3.26. The highest BCUT2D eigenvalue weighted by atomic mass is 35.5. The minimum atomic E-state index is -4.87.